The predicted molar refractivity (Wildman–Crippen MR) is 99.6 cm³/mol. The number of carbonyl (C=O) groups excluding carboxylic acids is 1. The summed E-state index contributed by atoms with van der Waals surface area (Å²) in [6, 6.07) is 7.62. The molecule has 1 aromatic heterocycles. The Morgan fingerprint density at radius 1 is 1.33 bits per heavy atom. The third-order valence-corrected chi connectivity index (χ3v) is 4.94. The van der Waals surface area contributed by atoms with Crippen LogP contribution in [-0.2, 0) is 16.0 Å². The molecule has 1 aromatic carbocycles. The van der Waals surface area contributed by atoms with Crippen molar-refractivity contribution >= 4 is 28.8 Å². The highest BCUT2D eigenvalue weighted by Gasteiger charge is 2.16. The summed E-state index contributed by atoms with van der Waals surface area (Å²) in [5.74, 6) is 0.0940. The van der Waals surface area contributed by atoms with Gasteiger partial charge in [0.05, 0.1) is 23.7 Å². The van der Waals surface area contributed by atoms with Crippen LogP contribution in [0.1, 0.15) is 25.5 Å². The lowest BCUT2D eigenvalue weighted by Crippen LogP contribution is -2.35. The Hall–Kier alpha value is -1.43. The Bertz CT molecular complexity index is 652. The van der Waals surface area contributed by atoms with Gasteiger partial charge in [0, 0.05) is 31.1 Å². The molecular weight excluding hydrogens is 344 g/mol. The van der Waals surface area contributed by atoms with Gasteiger partial charge in [-0.1, -0.05) is 43.1 Å². The Morgan fingerprint density at radius 3 is 2.83 bits per heavy atom. The summed E-state index contributed by atoms with van der Waals surface area (Å²) < 4.78 is 5.11. The molecule has 1 amide bonds. The van der Waals surface area contributed by atoms with Crippen molar-refractivity contribution in [2.24, 2.45) is 0 Å². The van der Waals surface area contributed by atoms with E-state index in [9.17, 15) is 4.79 Å². The standard InChI is InChI=1S/C18H23ClN2O2S/c1-3-4-9-21(10-11-23-2)17(22)12-14-13-24-18(20-14)15-7-5-6-8-16(15)19/h5-8,13H,3-4,9-12H2,1-2H3. The summed E-state index contributed by atoms with van der Waals surface area (Å²) in [7, 11) is 1.65. The average molecular weight is 367 g/mol. The molecule has 0 saturated carbocycles. The van der Waals surface area contributed by atoms with Crippen molar-refractivity contribution in [3.8, 4) is 10.6 Å². The van der Waals surface area contributed by atoms with Gasteiger partial charge in [0.15, 0.2) is 0 Å². The normalized spacial score (nSPS) is 10.8. The molecule has 0 aliphatic heterocycles. The topological polar surface area (TPSA) is 42.4 Å². The van der Waals surface area contributed by atoms with Crippen molar-refractivity contribution < 1.29 is 9.53 Å². The monoisotopic (exact) mass is 366 g/mol. The zero-order chi connectivity index (χ0) is 17.4. The molecule has 4 nitrogen and oxygen atoms in total. The van der Waals surface area contributed by atoms with E-state index in [1.807, 2.05) is 34.5 Å². The Kier molecular flexibility index (Phi) is 7.69. The number of rotatable bonds is 9. The third kappa shape index (κ3) is 5.30. The number of aromatic nitrogens is 1. The largest absolute Gasteiger partial charge is 0.383 e. The summed E-state index contributed by atoms with van der Waals surface area (Å²) in [6.45, 7) is 4.06. The van der Waals surface area contributed by atoms with E-state index in [0.717, 1.165) is 35.7 Å². The SMILES string of the molecule is CCCCN(CCOC)C(=O)Cc1csc(-c2ccccc2Cl)n1. The molecule has 6 heteroatoms. The van der Waals surface area contributed by atoms with E-state index in [4.69, 9.17) is 16.3 Å². The molecule has 2 rings (SSSR count). The molecule has 0 aliphatic rings. The fraction of sp³-hybridized carbons (Fsp3) is 0.444. The number of methoxy groups -OCH3 is 1. The van der Waals surface area contributed by atoms with Crippen LogP contribution < -0.4 is 0 Å². The van der Waals surface area contributed by atoms with Gasteiger partial charge in [0.25, 0.3) is 0 Å². The zero-order valence-corrected chi connectivity index (χ0v) is 15.7. The first-order valence-corrected chi connectivity index (χ1v) is 9.37. The van der Waals surface area contributed by atoms with Crippen LogP contribution in [0.3, 0.4) is 0 Å². The molecule has 0 saturated heterocycles. The highest BCUT2D eigenvalue weighted by Crippen LogP contribution is 2.30. The number of thiazole rings is 1. The van der Waals surface area contributed by atoms with Crippen LogP contribution in [0.5, 0.6) is 0 Å². The van der Waals surface area contributed by atoms with Crippen LogP contribution in [0.4, 0.5) is 0 Å². The minimum absolute atomic E-state index is 0.0940. The van der Waals surface area contributed by atoms with E-state index in [0.29, 0.717) is 24.6 Å². The molecule has 0 bridgehead atoms. The molecule has 0 aliphatic carbocycles. The molecule has 0 fully saturated rings. The Balaban J connectivity index is 2.04. The van der Waals surface area contributed by atoms with E-state index >= 15 is 0 Å². The average Bonchev–Trinajstić information content (AvgIpc) is 3.03. The van der Waals surface area contributed by atoms with Gasteiger partial charge in [-0.2, -0.15) is 0 Å². The quantitative estimate of drug-likeness (QED) is 0.665. The van der Waals surface area contributed by atoms with E-state index in [1.165, 1.54) is 11.3 Å². The number of amides is 1. The fourth-order valence-electron chi connectivity index (χ4n) is 2.32. The summed E-state index contributed by atoms with van der Waals surface area (Å²) in [6.07, 6.45) is 2.37. The van der Waals surface area contributed by atoms with Gasteiger partial charge in [-0.25, -0.2) is 4.98 Å². The Morgan fingerprint density at radius 2 is 2.12 bits per heavy atom. The van der Waals surface area contributed by atoms with Crippen LogP contribution in [-0.4, -0.2) is 42.6 Å². The number of unbranched alkanes of at least 4 members (excludes halogenated alkanes) is 1. The fourth-order valence-corrected chi connectivity index (χ4v) is 3.46. The van der Waals surface area contributed by atoms with Gasteiger partial charge >= 0.3 is 0 Å². The molecular formula is C18H23ClN2O2S. The van der Waals surface area contributed by atoms with Gasteiger partial charge in [-0.15, -0.1) is 11.3 Å². The van der Waals surface area contributed by atoms with Crippen LogP contribution in [0, 0.1) is 0 Å². The van der Waals surface area contributed by atoms with Gasteiger partial charge in [-0.05, 0) is 12.5 Å². The van der Waals surface area contributed by atoms with E-state index in [-0.39, 0.29) is 5.91 Å². The molecule has 1 heterocycles. The first kappa shape index (κ1) is 18.9. The highest BCUT2D eigenvalue weighted by molar-refractivity contribution is 7.13. The van der Waals surface area contributed by atoms with Crippen molar-refractivity contribution in [3.05, 3.63) is 40.4 Å². The van der Waals surface area contributed by atoms with Gasteiger partial charge < -0.3 is 9.64 Å². The second kappa shape index (κ2) is 9.77. The summed E-state index contributed by atoms with van der Waals surface area (Å²) in [5.41, 5.74) is 1.70. The van der Waals surface area contributed by atoms with Crippen molar-refractivity contribution in [1.82, 2.24) is 9.88 Å². The maximum atomic E-state index is 12.5. The molecule has 0 N–H and O–H groups in total. The highest BCUT2D eigenvalue weighted by atomic mass is 35.5. The minimum Gasteiger partial charge on any atom is -0.383 e. The summed E-state index contributed by atoms with van der Waals surface area (Å²) in [4.78, 5) is 19.0. The number of benzene rings is 1. The van der Waals surface area contributed by atoms with Gasteiger partial charge in [-0.3, -0.25) is 4.79 Å². The third-order valence-electron chi connectivity index (χ3n) is 3.69. The minimum atomic E-state index is 0.0940. The number of ether oxygens (including phenoxy) is 1. The predicted octanol–water partition coefficient (Wildman–Crippen LogP) is 4.28. The van der Waals surface area contributed by atoms with E-state index in [1.54, 1.807) is 7.11 Å². The molecule has 0 radical (unpaired) electrons. The van der Waals surface area contributed by atoms with Crippen molar-refractivity contribution in [2.75, 3.05) is 26.8 Å². The molecule has 0 unspecified atom stereocenters. The maximum absolute atomic E-state index is 12.5. The van der Waals surface area contributed by atoms with Crippen LogP contribution >= 0.6 is 22.9 Å². The van der Waals surface area contributed by atoms with Crippen molar-refractivity contribution in [2.45, 2.75) is 26.2 Å². The maximum Gasteiger partial charge on any atom is 0.228 e. The van der Waals surface area contributed by atoms with E-state index in [2.05, 4.69) is 11.9 Å². The lowest BCUT2D eigenvalue weighted by Gasteiger charge is -2.21. The number of nitrogens with zero attached hydrogens (tertiary/aromatic N) is 2. The van der Waals surface area contributed by atoms with Gasteiger partial charge in [0.2, 0.25) is 5.91 Å². The molecule has 0 atom stereocenters. The van der Waals surface area contributed by atoms with Crippen LogP contribution in [0.2, 0.25) is 5.02 Å². The van der Waals surface area contributed by atoms with Crippen LogP contribution in [0.25, 0.3) is 10.6 Å². The summed E-state index contributed by atoms with van der Waals surface area (Å²) in [5, 5.41) is 3.46. The second-order valence-corrected chi connectivity index (χ2v) is 6.79. The zero-order valence-electron chi connectivity index (χ0n) is 14.1. The molecule has 0 spiro atoms. The molecule has 130 valence electrons. The van der Waals surface area contributed by atoms with E-state index < -0.39 is 0 Å². The number of hydrogen-bond donors (Lipinski definition) is 0. The lowest BCUT2D eigenvalue weighted by molar-refractivity contribution is -0.131. The smallest absolute Gasteiger partial charge is 0.228 e. The Labute approximate surface area is 152 Å². The molecule has 24 heavy (non-hydrogen) atoms. The number of carbonyl (C=O) groups is 1. The van der Waals surface area contributed by atoms with Gasteiger partial charge in [0.1, 0.15) is 5.01 Å². The van der Waals surface area contributed by atoms with Crippen molar-refractivity contribution in [3.63, 3.8) is 0 Å². The first-order chi connectivity index (χ1) is 11.7. The number of hydrogen-bond acceptors (Lipinski definition) is 4. The lowest BCUT2D eigenvalue weighted by atomic mass is 10.2. The first-order valence-electron chi connectivity index (χ1n) is 8.11. The number of halogens is 1. The van der Waals surface area contributed by atoms with Crippen LogP contribution in [0.15, 0.2) is 29.6 Å². The second-order valence-electron chi connectivity index (χ2n) is 5.53. The van der Waals surface area contributed by atoms with Crippen molar-refractivity contribution in [1.29, 1.82) is 0 Å². The molecule has 2 aromatic rings. The summed E-state index contributed by atoms with van der Waals surface area (Å²) >= 11 is 7.73.